The molecule has 2 aromatic rings. The van der Waals surface area contributed by atoms with Crippen molar-refractivity contribution in [2.75, 3.05) is 20.8 Å². The highest BCUT2D eigenvalue weighted by atomic mass is 32.2. The third-order valence-electron chi connectivity index (χ3n) is 2.41. The van der Waals surface area contributed by atoms with Crippen LogP contribution in [-0.2, 0) is 15.2 Å². The number of ether oxygens (including phenoxy) is 2. The highest BCUT2D eigenvalue weighted by molar-refractivity contribution is 7.62. The molecule has 0 atom stereocenters. The van der Waals surface area contributed by atoms with Crippen LogP contribution >= 0.6 is 11.3 Å². The Bertz CT molecular complexity index is 935. The predicted molar refractivity (Wildman–Crippen MR) is 88.0 cm³/mol. The fraction of sp³-hybridized carbons (Fsp3) is 0.333. The fourth-order valence-corrected chi connectivity index (χ4v) is 2.28. The maximum atomic E-state index is 11.5. The second-order valence-corrected chi connectivity index (χ2v) is 5.51. The van der Waals surface area contributed by atoms with E-state index in [1.165, 1.54) is 18.4 Å². The van der Waals surface area contributed by atoms with Gasteiger partial charge in [0, 0.05) is 0 Å². The van der Waals surface area contributed by atoms with Gasteiger partial charge in [0.15, 0.2) is 0 Å². The molecule has 142 valence electrons. The number of esters is 1. The van der Waals surface area contributed by atoms with Gasteiger partial charge < -0.3 is 14.3 Å². The molecule has 0 radical (unpaired) electrons. The lowest BCUT2D eigenvalue weighted by molar-refractivity contribution is 0.0606. The number of nitrogens with zero attached hydrogens (tertiary/aromatic N) is 4. The summed E-state index contributed by atoms with van der Waals surface area (Å²) in [5, 5.41) is 5.27. The lowest BCUT2D eigenvalue weighted by atomic mass is 10.5. The standard InChI is InChI=1S/C6H8N4O6S.C6H6O2S/c1-3-16-5-7-9(4(11)8-17(13)14)6(12)10(5)15-2;1-8-6(7)5-3-2-4-9-5/h3H2,1-2H3;2-4H,1H3. The first kappa shape index (κ1) is 21.0. The average molecular weight is 406 g/mol. The second kappa shape index (κ2) is 10.1. The summed E-state index contributed by atoms with van der Waals surface area (Å²) >= 11 is 1.38. The molecule has 26 heavy (non-hydrogen) atoms. The largest absolute Gasteiger partial charge is 0.465 e. The van der Waals surface area contributed by atoms with Gasteiger partial charge in [-0.2, -0.15) is 8.42 Å². The Balaban J connectivity index is 0.000000314. The first-order valence-corrected chi connectivity index (χ1v) is 8.63. The van der Waals surface area contributed by atoms with Crippen LogP contribution in [0.1, 0.15) is 16.6 Å². The minimum atomic E-state index is -2.97. The van der Waals surface area contributed by atoms with Crippen LogP contribution in [0.2, 0.25) is 0 Å². The molecule has 2 aromatic heterocycles. The lowest BCUT2D eigenvalue weighted by Gasteiger charge is -2.00. The summed E-state index contributed by atoms with van der Waals surface area (Å²) in [6, 6.07) is 1.91. The molecule has 0 fully saturated rings. The first-order valence-electron chi connectivity index (χ1n) is 6.72. The van der Waals surface area contributed by atoms with Gasteiger partial charge in [-0.3, -0.25) is 0 Å². The minimum Gasteiger partial charge on any atom is -0.465 e. The van der Waals surface area contributed by atoms with Gasteiger partial charge in [-0.05, 0) is 18.4 Å². The van der Waals surface area contributed by atoms with Gasteiger partial charge in [0.1, 0.15) is 12.0 Å². The number of carbonyl (C=O) groups excluding carboxylic acids is 2. The normalized spacial score (nSPS) is 9.50. The van der Waals surface area contributed by atoms with Gasteiger partial charge in [-0.1, -0.05) is 15.2 Å². The lowest BCUT2D eigenvalue weighted by Crippen LogP contribution is -2.31. The van der Waals surface area contributed by atoms with E-state index >= 15 is 0 Å². The van der Waals surface area contributed by atoms with E-state index < -0.39 is 22.2 Å². The molecule has 2 heterocycles. The molecule has 0 aliphatic carbocycles. The highest BCUT2D eigenvalue weighted by Crippen LogP contribution is 2.08. The first-order chi connectivity index (χ1) is 12.3. The zero-order valence-corrected chi connectivity index (χ0v) is 15.4. The van der Waals surface area contributed by atoms with Gasteiger partial charge in [0.2, 0.25) is 0 Å². The van der Waals surface area contributed by atoms with Crippen LogP contribution in [-0.4, -0.2) is 55.8 Å². The van der Waals surface area contributed by atoms with Crippen LogP contribution in [0, 0.1) is 0 Å². The van der Waals surface area contributed by atoms with Crippen LogP contribution < -0.4 is 15.3 Å². The molecule has 0 spiro atoms. The Morgan fingerprint density at radius 1 is 1.35 bits per heavy atom. The van der Waals surface area contributed by atoms with Crippen LogP contribution in [0.25, 0.3) is 0 Å². The second-order valence-electron chi connectivity index (χ2n) is 3.95. The van der Waals surface area contributed by atoms with Crippen LogP contribution in [0.15, 0.2) is 26.7 Å². The van der Waals surface area contributed by atoms with Crippen molar-refractivity contribution in [3.8, 4) is 6.01 Å². The third kappa shape index (κ3) is 5.52. The molecule has 0 aliphatic rings. The summed E-state index contributed by atoms with van der Waals surface area (Å²) in [6.07, 6.45) is 0. The van der Waals surface area contributed by atoms with Crippen molar-refractivity contribution in [1.82, 2.24) is 14.5 Å². The van der Waals surface area contributed by atoms with Crippen molar-refractivity contribution in [1.29, 1.82) is 0 Å². The maximum Gasteiger partial charge on any atom is 0.391 e. The molecule has 0 unspecified atom stereocenters. The Morgan fingerprint density at radius 3 is 2.50 bits per heavy atom. The summed E-state index contributed by atoms with van der Waals surface area (Å²) in [6.45, 7) is 1.81. The topological polar surface area (TPSA) is 148 Å². The van der Waals surface area contributed by atoms with Crippen molar-refractivity contribution in [2.45, 2.75) is 6.92 Å². The monoisotopic (exact) mass is 406 g/mol. The van der Waals surface area contributed by atoms with E-state index in [4.69, 9.17) is 4.74 Å². The molecule has 0 saturated carbocycles. The van der Waals surface area contributed by atoms with Gasteiger partial charge in [0.05, 0.1) is 13.7 Å². The van der Waals surface area contributed by atoms with Crippen LogP contribution in [0.3, 0.4) is 0 Å². The van der Waals surface area contributed by atoms with Crippen molar-refractivity contribution >= 4 is 33.8 Å². The summed E-state index contributed by atoms with van der Waals surface area (Å²) < 4.78 is 33.1. The smallest absolute Gasteiger partial charge is 0.391 e. The van der Waals surface area contributed by atoms with Crippen LogP contribution in [0.4, 0.5) is 4.79 Å². The molecule has 0 N–H and O–H groups in total. The average Bonchev–Trinajstić information content (AvgIpc) is 3.23. The van der Waals surface area contributed by atoms with E-state index in [0.29, 0.717) is 9.61 Å². The maximum absolute atomic E-state index is 11.5. The zero-order chi connectivity index (χ0) is 19.7. The van der Waals surface area contributed by atoms with Gasteiger partial charge >= 0.3 is 34.2 Å². The minimum absolute atomic E-state index is 0.179. The van der Waals surface area contributed by atoms with E-state index in [1.807, 2.05) is 11.4 Å². The number of rotatable bonds is 4. The van der Waals surface area contributed by atoms with E-state index in [1.54, 1.807) is 13.0 Å². The number of aromatic nitrogens is 3. The van der Waals surface area contributed by atoms with Crippen molar-refractivity contribution in [3.05, 3.63) is 32.9 Å². The molecule has 0 aromatic carbocycles. The Hall–Kier alpha value is -3.00. The Labute approximate surface area is 152 Å². The van der Waals surface area contributed by atoms with Crippen molar-refractivity contribution in [2.24, 2.45) is 4.36 Å². The number of thiophene rings is 1. The summed E-state index contributed by atoms with van der Waals surface area (Å²) in [5.41, 5.74) is -1.02. The Morgan fingerprint density at radius 2 is 2.04 bits per heavy atom. The molecule has 0 bridgehead atoms. The summed E-state index contributed by atoms with van der Waals surface area (Å²) in [7, 11) is -0.440. The van der Waals surface area contributed by atoms with Gasteiger partial charge in [-0.25, -0.2) is 14.4 Å². The van der Waals surface area contributed by atoms with Gasteiger partial charge in [-0.15, -0.1) is 21.1 Å². The number of amides is 1. The number of methoxy groups -OCH3 is 1. The zero-order valence-electron chi connectivity index (χ0n) is 13.8. The number of hydrogen-bond donors (Lipinski definition) is 0. The molecular weight excluding hydrogens is 392 g/mol. The van der Waals surface area contributed by atoms with Crippen molar-refractivity contribution < 1.29 is 32.3 Å². The fourth-order valence-electron chi connectivity index (χ4n) is 1.43. The molecule has 12 nitrogen and oxygen atoms in total. The van der Waals surface area contributed by atoms with E-state index in [0.717, 1.165) is 7.11 Å². The molecular formula is C12H14N4O8S2. The Kier molecular flexibility index (Phi) is 8.17. The predicted octanol–water partition coefficient (Wildman–Crippen LogP) is 0.0674. The molecule has 1 amide bonds. The van der Waals surface area contributed by atoms with Crippen LogP contribution in [0.5, 0.6) is 6.01 Å². The van der Waals surface area contributed by atoms with E-state index in [-0.39, 0.29) is 23.3 Å². The molecule has 14 heteroatoms. The number of hydrogen-bond acceptors (Lipinski definition) is 10. The molecule has 0 aliphatic heterocycles. The third-order valence-corrected chi connectivity index (χ3v) is 3.57. The summed E-state index contributed by atoms with van der Waals surface area (Å²) in [4.78, 5) is 38.6. The highest BCUT2D eigenvalue weighted by Gasteiger charge is 2.19. The number of carbonyl (C=O) groups is 2. The van der Waals surface area contributed by atoms with E-state index in [9.17, 15) is 22.8 Å². The summed E-state index contributed by atoms with van der Waals surface area (Å²) in [5.74, 6) is -0.259. The van der Waals surface area contributed by atoms with Gasteiger partial charge in [0.25, 0.3) is 0 Å². The molecule has 2 rings (SSSR count). The van der Waals surface area contributed by atoms with E-state index in [2.05, 4.69) is 19.0 Å². The quantitative estimate of drug-likeness (QED) is 0.643. The SMILES string of the molecule is CCOc1nn(C(=O)N=S(=O)=O)c(=O)n1OC.COC(=O)c1cccs1. The van der Waals surface area contributed by atoms with Crippen molar-refractivity contribution in [3.63, 3.8) is 0 Å². The molecule has 0 saturated heterocycles.